The lowest BCUT2D eigenvalue weighted by molar-refractivity contribution is -0.132. The maximum absolute atomic E-state index is 13.4. The Hall–Kier alpha value is -3.55. The second-order valence-corrected chi connectivity index (χ2v) is 8.44. The Morgan fingerprint density at radius 3 is 2.61 bits per heavy atom. The van der Waals surface area contributed by atoms with E-state index in [-0.39, 0.29) is 30.6 Å². The molecular formula is C25H27N3O5. The van der Waals surface area contributed by atoms with Gasteiger partial charge in [-0.15, -0.1) is 0 Å². The summed E-state index contributed by atoms with van der Waals surface area (Å²) in [6.07, 6.45) is 2.56. The molecule has 0 N–H and O–H groups in total. The number of rotatable bonds is 4. The van der Waals surface area contributed by atoms with Gasteiger partial charge in [-0.3, -0.25) is 18.7 Å². The summed E-state index contributed by atoms with van der Waals surface area (Å²) in [6.45, 7) is 3.75. The number of benzene rings is 2. The Kier molecular flexibility index (Phi) is 5.66. The Labute approximate surface area is 191 Å². The summed E-state index contributed by atoms with van der Waals surface area (Å²) in [5, 5.41) is 0.438. The topological polar surface area (TPSA) is 82.8 Å². The van der Waals surface area contributed by atoms with Gasteiger partial charge in [0.15, 0.2) is 11.5 Å². The van der Waals surface area contributed by atoms with Crippen LogP contribution in [0.4, 0.5) is 0 Å². The van der Waals surface area contributed by atoms with E-state index in [2.05, 4.69) is 0 Å². The zero-order chi connectivity index (χ0) is 22.9. The number of likely N-dealkylation sites (tertiary alicyclic amines) is 1. The fourth-order valence-corrected chi connectivity index (χ4v) is 4.83. The van der Waals surface area contributed by atoms with E-state index >= 15 is 0 Å². The quantitative estimate of drug-likeness (QED) is 0.612. The van der Waals surface area contributed by atoms with E-state index in [0.717, 1.165) is 30.6 Å². The number of hydrogen-bond acceptors (Lipinski definition) is 5. The fraction of sp³-hybridized carbons (Fsp3) is 0.400. The molecule has 0 radical (unpaired) electrons. The number of amides is 1. The van der Waals surface area contributed by atoms with Crippen LogP contribution in [0.5, 0.6) is 11.5 Å². The lowest BCUT2D eigenvalue weighted by atomic mass is 10.0. The maximum Gasteiger partial charge on any atom is 0.331 e. The second-order valence-electron chi connectivity index (χ2n) is 8.44. The zero-order valence-corrected chi connectivity index (χ0v) is 18.7. The number of carbonyl (C=O) groups excluding carboxylic acids is 1. The van der Waals surface area contributed by atoms with Gasteiger partial charge in [0.05, 0.1) is 30.2 Å². The Bertz CT molecular complexity index is 1330. The van der Waals surface area contributed by atoms with Crippen LogP contribution < -0.4 is 20.7 Å². The molecule has 1 atom stereocenters. The molecule has 33 heavy (non-hydrogen) atoms. The highest BCUT2D eigenvalue weighted by molar-refractivity contribution is 5.82. The normalized spacial score (nSPS) is 17.8. The first kappa shape index (κ1) is 21.3. The van der Waals surface area contributed by atoms with Gasteiger partial charge in [-0.2, -0.15) is 0 Å². The Morgan fingerprint density at radius 1 is 1.00 bits per heavy atom. The average Bonchev–Trinajstić information content (AvgIpc) is 3.21. The van der Waals surface area contributed by atoms with Crippen LogP contribution in [0.3, 0.4) is 0 Å². The third kappa shape index (κ3) is 3.79. The first-order valence-electron chi connectivity index (χ1n) is 11.5. The highest BCUT2D eigenvalue weighted by Crippen LogP contribution is 2.38. The molecule has 1 aromatic heterocycles. The van der Waals surface area contributed by atoms with Gasteiger partial charge in [0.1, 0.15) is 6.54 Å². The minimum atomic E-state index is -0.458. The van der Waals surface area contributed by atoms with Gasteiger partial charge < -0.3 is 14.4 Å². The molecular weight excluding hydrogens is 422 g/mol. The molecule has 8 nitrogen and oxygen atoms in total. The molecule has 2 aliphatic heterocycles. The predicted molar refractivity (Wildman–Crippen MR) is 124 cm³/mol. The van der Waals surface area contributed by atoms with Crippen molar-refractivity contribution in [3.63, 3.8) is 0 Å². The van der Waals surface area contributed by atoms with Crippen molar-refractivity contribution >= 4 is 16.8 Å². The number of fused-ring (bicyclic) bond motifs is 2. The number of para-hydroxylation sites is 1. The van der Waals surface area contributed by atoms with E-state index in [9.17, 15) is 14.4 Å². The minimum Gasteiger partial charge on any atom is -0.490 e. The van der Waals surface area contributed by atoms with Crippen molar-refractivity contribution in [2.75, 3.05) is 19.8 Å². The van der Waals surface area contributed by atoms with Crippen LogP contribution >= 0.6 is 0 Å². The minimum absolute atomic E-state index is 0.0892. The summed E-state index contributed by atoms with van der Waals surface area (Å²) in [6, 6.07) is 12.7. The van der Waals surface area contributed by atoms with Crippen LogP contribution in [0.25, 0.3) is 10.9 Å². The summed E-state index contributed by atoms with van der Waals surface area (Å²) in [4.78, 5) is 41.0. The molecule has 8 heteroatoms. The maximum atomic E-state index is 13.4. The summed E-state index contributed by atoms with van der Waals surface area (Å²) in [7, 11) is 0. The van der Waals surface area contributed by atoms with Crippen molar-refractivity contribution in [3.05, 3.63) is 68.9 Å². The lowest BCUT2D eigenvalue weighted by Gasteiger charge is -2.26. The molecule has 0 bridgehead atoms. The lowest BCUT2D eigenvalue weighted by Crippen LogP contribution is -2.43. The van der Waals surface area contributed by atoms with Gasteiger partial charge in [-0.1, -0.05) is 18.2 Å². The van der Waals surface area contributed by atoms with Gasteiger partial charge in [0.2, 0.25) is 5.91 Å². The van der Waals surface area contributed by atoms with Crippen molar-refractivity contribution in [1.82, 2.24) is 14.0 Å². The molecule has 3 heterocycles. The van der Waals surface area contributed by atoms with Crippen LogP contribution in [-0.4, -0.2) is 39.7 Å². The third-order valence-electron chi connectivity index (χ3n) is 6.47. The predicted octanol–water partition coefficient (Wildman–Crippen LogP) is 2.71. The van der Waals surface area contributed by atoms with Crippen LogP contribution in [0.15, 0.2) is 52.1 Å². The SMILES string of the molecule is CCn1c(=O)c2ccccc2n(CC(=O)N2CCC[C@H]2c2ccc3c(c2)OCCCO3)c1=O. The largest absolute Gasteiger partial charge is 0.490 e. The second kappa shape index (κ2) is 8.77. The van der Waals surface area contributed by atoms with E-state index in [1.54, 1.807) is 31.2 Å². The van der Waals surface area contributed by atoms with Crippen LogP contribution in [0.2, 0.25) is 0 Å². The van der Waals surface area contributed by atoms with Crippen LogP contribution in [-0.2, 0) is 17.9 Å². The van der Waals surface area contributed by atoms with E-state index in [4.69, 9.17) is 9.47 Å². The molecule has 0 aliphatic carbocycles. The number of ether oxygens (including phenoxy) is 2. The third-order valence-corrected chi connectivity index (χ3v) is 6.47. The molecule has 1 saturated heterocycles. The first-order valence-corrected chi connectivity index (χ1v) is 11.5. The van der Waals surface area contributed by atoms with Crippen molar-refractivity contribution in [1.29, 1.82) is 0 Å². The van der Waals surface area contributed by atoms with E-state index in [0.29, 0.717) is 36.4 Å². The molecule has 0 unspecified atom stereocenters. The Morgan fingerprint density at radius 2 is 1.79 bits per heavy atom. The van der Waals surface area contributed by atoms with Gasteiger partial charge in [-0.05, 0) is 49.6 Å². The Balaban J connectivity index is 1.47. The van der Waals surface area contributed by atoms with Crippen molar-refractivity contribution in [3.8, 4) is 11.5 Å². The summed E-state index contributed by atoms with van der Waals surface area (Å²) in [5.41, 5.74) is 0.701. The number of hydrogen-bond donors (Lipinski definition) is 0. The molecule has 1 fully saturated rings. The summed E-state index contributed by atoms with van der Waals surface area (Å²) < 4.78 is 14.2. The van der Waals surface area contributed by atoms with E-state index in [1.807, 2.05) is 23.1 Å². The van der Waals surface area contributed by atoms with Crippen molar-refractivity contribution in [2.45, 2.75) is 45.3 Å². The molecule has 2 aromatic carbocycles. The van der Waals surface area contributed by atoms with Crippen molar-refractivity contribution in [2.24, 2.45) is 0 Å². The van der Waals surface area contributed by atoms with E-state index in [1.165, 1.54) is 9.13 Å². The fourth-order valence-electron chi connectivity index (χ4n) is 4.83. The monoisotopic (exact) mass is 449 g/mol. The van der Waals surface area contributed by atoms with Gasteiger partial charge in [0, 0.05) is 19.5 Å². The summed E-state index contributed by atoms with van der Waals surface area (Å²) in [5.74, 6) is 1.30. The highest BCUT2D eigenvalue weighted by atomic mass is 16.5. The van der Waals surface area contributed by atoms with Crippen molar-refractivity contribution < 1.29 is 14.3 Å². The number of aromatic nitrogens is 2. The molecule has 5 rings (SSSR count). The number of nitrogens with zero attached hydrogens (tertiary/aromatic N) is 3. The van der Waals surface area contributed by atoms with Gasteiger partial charge in [0.25, 0.3) is 5.56 Å². The molecule has 0 spiro atoms. The first-order chi connectivity index (χ1) is 16.1. The zero-order valence-electron chi connectivity index (χ0n) is 18.7. The average molecular weight is 450 g/mol. The smallest absolute Gasteiger partial charge is 0.331 e. The van der Waals surface area contributed by atoms with Gasteiger partial charge in [-0.25, -0.2) is 4.79 Å². The van der Waals surface area contributed by atoms with Gasteiger partial charge >= 0.3 is 5.69 Å². The molecule has 3 aromatic rings. The van der Waals surface area contributed by atoms with Crippen LogP contribution in [0, 0.1) is 0 Å². The molecule has 2 aliphatic rings. The molecule has 0 saturated carbocycles. The highest BCUT2D eigenvalue weighted by Gasteiger charge is 2.31. The summed E-state index contributed by atoms with van der Waals surface area (Å²) >= 11 is 0. The molecule has 172 valence electrons. The standard InChI is InChI=1S/C25H27N3O5/c1-2-26-24(30)18-7-3-4-8-20(18)28(25(26)31)16-23(29)27-12-5-9-19(27)17-10-11-21-22(15-17)33-14-6-13-32-21/h3-4,7-8,10-11,15,19H,2,5-6,9,12-14,16H2,1H3/t19-/m0/s1. The number of carbonyl (C=O) groups is 1. The van der Waals surface area contributed by atoms with Crippen LogP contribution in [0.1, 0.15) is 37.8 Å². The van der Waals surface area contributed by atoms with E-state index < -0.39 is 5.69 Å². The molecule has 1 amide bonds.